The standard InChI is InChI=1S/C16H17NO4.NO3/c18-11-3-8-1-2-17-6-9-4-12-13(21-7-20-12)5-10(9)14(15(8)17)16(11)19;2-1(3)4/h3-5,11,14-16,18-19H,1-2,6-7H2;/q;-1/t11-,14-,15+,16+;/m0./s1. The molecule has 3 heterocycles. The van der Waals surface area contributed by atoms with Crippen molar-refractivity contribution in [2.75, 3.05) is 13.3 Å². The number of hydrogen-bond acceptors (Lipinski definition) is 8. The van der Waals surface area contributed by atoms with Gasteiger partial charge < -0.3 is 35.0 Å². The Morgan fingerprint density at radius 3 is 2.60 bits per heavy atom. The summed E-state index contributed by atoms with van der Waals surface area (Å²) in [6.45, 7) is 2.11. The highest BCUT2D eigenvalue weighted by Crippen LogP contribution is 2.49. The summed E-state index contributed by atoms with van der Waals surface area (Å²) in [5, 5.41) is 35.4. The number of rotatable bonds is 0. The van der Waals surface area contributed by atoms with Crippen LogP contribution in [0, 0.1) is 15.3 Å². The zero-order chi connectivity index (χ0) is 17.7. The number of ether oxygens (including phenoxy) is 2. The van der Waals surface area contributed by atoms with Gasteiger partial charge in [0, 0.05) is 25.0 Å². The van der Waals surface area contributed by atoms with E-state index in [2.05, 4.69) is 4.90 Å². The van der Waals surface area contributed by atoms with E-state index in [0.29, 0.717) is 0 Å². The molecule has 1 aromatic rings. The van der Waals surface area contributed by atoms with Gasteiger partial charge in [0.15, 0.2) is 11.5 Å². The third-order valence-corrected chi connectivity index (χ3v) is 5.27. The van der Waals surface area contributed by atoms with Crippen molar-refractivity contribution in [2.24, 2.45) is 0 Å². The zero-order valence-corrected chi connectivity index (χ0v) is 13.2. The summed E-state index contributed by atoms with van der Waals surface area (Å²) in [5.74, 6) is 1.45. The van der Waals surface area contributed by atoms with Crippen molar-refractivity contribution >= 4 is 0 Å². The fraction of sp³-hybridized carbons (Fsp3) is 0.500. The highest BCUT2D eigenvalue weighted by atomic mass is 16.9. The molecule has 134 valence electrons. The highest BCUT2D eigenvalue weighted by Gasteiger charge is 2.48. The van der Waals surface area contributed by atoms with Gasteiger partial charge in [-0.05, 0) is 29.7 Å². The smallest absolute Gasteiger partial charge is 0.231 e. The van der Waals surface area contributed by atoms with E-state index in [1.807, 2.05) is 18.2 Å². The van der Waals surface area contributed by atoms with Crippen LogP contribution in [0.3, 0.4) is 0 Å². The van der Waals surface area contributed by atoms with Crippen molar-refractivity contribution in [3.63, 3.8) is 0 Å². The summed E-state index contributed by atoms with van der Waals surface area (Å²) in [7, 11) is 0. The normalized spacial score (nSPS) is 31.4. The molecule has 1 aromatic carbocycles. The Kier molecular flexibility index (Phi) is 3.78. The molecular weight excluding hydrogens is 332 g/mol. The van der Waals surface area contributed by atoms with Crippen LogP contribution in [-0.4, -0.2) is 51.8 Å². The second-order valence-corrected chi connectivity index (χ2v) is 6.54. The molecule has 0 aromatic heterocycles. The lowest BCUT2D eigenvalue weighted by Crippen LogP contribution is -2.49. The molecule has 9 nitrogen and oxygen atoms in total. The van der Waals surface area contributed by atoms with Gasteiger partial charge >= 0.3 is 0 Å². The Bertz CT molecular complexity index is 746. The molecule has 0 amide bonds. The Labute approximate surface area is 142 Å². The van der Waals surface area contributed by atoms with Crippen LogP contribution in [-0.2, 0) is 6.54 Å². The van der Waals surface area contributed by atoms with Gasteiger partial charge in [-0.2, -0.15) is 0 Å². The fourth-order valence-corrected chi connectivity index (χ4v) is 4.35. The highest BCUT2D eigenvalue weighted by molar-refractivity contribution is 5.53. The number of fused-ring (bicyclic) bond motifs is 3. The molecule has 1 fully saturated rings. The topological polar surface area (TPSA) is 128 Å². The molecule has 0 unspecified atom stereocenters. The van der Waals surface area contributed by atoms with E-state index in [-0.39, 0.29) is 18.8 Å². The SMILES string of the molecule is O=[N+]([O-])[O-].O[C@H]1[C@H]2c3cc4c(cc3CN3CCC(=C[C@@H]1O)[C@H]23)OCO4. The second kappa shape index (κ2) is 5.87. The first-order chi connectivity index (χ1) is 12.0. The summed E-state index contributed by atoms with van der Waals surface area (Å²) in [4.78, 5) is 10.6. The largest absolute Gasteiger partial charge is 0.454 e. The minimum absolute atomic E-state index is 0.0826. The quantitative estimate of drug-likeness (QED) is 0.394. The first kappa shape index (κ1) is 16.1. The van der Waals surface area contributed by atoms with Gasteiger partial charge in [-0.1, -0.05) is 11.6 Å². The molecule has 0 saturated carbocycles. The van der Waals surface area contributed by atoms with Gasteiger partial charge in [0.2, 0.25) is 6.79 Å². The Morgan fingerprint density at radius 2 is 1.88 bits per heavy atom. The van der Waals surface area contributed by atoms with Gasteiger partial charge in [-0.15, -0.1) is 0 Å². The molecule has 0 radical (unpaired) electrons. The molecular formula is C16H17N2O7-. The molecule has 0 bridgehead atoms. The third-order valence-electron chi connectivity index (χ3n) is 5.27. The molecule has 0 spiro atoms. The lowest BCUT2D eigenvalue weighted by atomic mass is 9.73. The van der Waals surface area contributed by atoms with Crippen LogP contribution < -0.4 is 9.47 Å². The van der Waals surface area contributed by atoms with Gasteiger partial charge in [0.1, 0.15) is 0 Å². The number of aliphatic hydroxyl groups excluding tert-OH is 2. The maximum absolute atomic E-state index is 10.5. The molecule has 9 heteroatoms. The van der Waals surface area contributed by atoms with Crippen LogP contribution in [0.5, 0.6) is 11.5 Å². The van der Waals surface area contributed by atoms with Crippen LogP contribution in [0.4, 0.5) is 0 Å². The van der Waals surface area contributed by atoms with E-state index in [0.717, 1.165) is 36.6 Å². The lowest BCUT2D eigenvalue weighted by molar-refractivity contribution is -0.402. The Hall–Kier alpha value is -2.36. The molecule has 4 aliphatic rings. The van der Waals surface area contributed by atoms with Crippen molar-refractivity contribution in [1.82, 2.24) is 4.90 Å². The lowest BCUT2D eigenvalue weighted by Gasteiger charge is -2.44. The first-order valence-corrected chi connectivity index (χ1v) is 8.00. The summed E-state index contributed by atoms with van der Waals surface area (Å²) < 4.78 is 10.9. The average molecular weight is 349 g/mol. The summed E-state index contributed by atoms with van der Waals surface area (Å²) in [5.41, 5.74) is 3.54. The summed E-state index contributed by atoms with van der Waals surface area (Å²) in [6, 6.07) is 4.25. The van der Waals surface area contributed by atoms with Gasteiger partial charge in [-0.3, -0.25) is 4.90 Å². The molecule has 3 aliphatic heterocycles. The van der Waals surface area contributed by atoms with Crippen LogP contribution in [0.1, 0.15) is 23.5 Å². The van der Waals surface area contributed by atoms with Gasteiger partial charge in [0.25, 0.3) is 0 Å². The first-order valence-electron chi connectivity index (χ1n) is 8.00. The van der Waals surface area contributed by atoms with E-state index in [1.54, 1.807) is 0 Å². The predicted octanol–water partition coefficient (Wildman–Crippen LogP) is 0.509. The second-order valence-electron chi connectivity index (χ2n) is 6.54. The van der Waals surface area contributed by atoms with Crippen molar-refractivity contribution in [3.05, 3.63) is 50.2 Å². The number of hydrogen-bond donors (Lipinski definition) is 2. The van der Waals surface area contributed by atoms with Gasteiger partial charge in [0.05, 0.1) is 17.3 Å². The van der Waals surface area contributed by atoms with E-state index < -0.39 is 17.3 Å². The van der Waals surface area contributed by atoms with Crippen LogP contribution in [0.15, 0.2) is 23.8 Å². The number of nitrogens with zero attached hydrogens (tertiary/aromatic N) is 2. The third kappa shape index (κ3) is 2.60. The van der Waals surface area contributed by atoms with Crippen molar-refractivity contribution in [3.8, 4) is 11.5 Å². The van der Waals surface area contributed by atoms with Crippen LogP contribution >= 0.6 is 0 Å². The van der Waals surface area contributed by atoms with Gasteiger partial charge in [-0.25, -0.2) is 0 Å². The molecule has 1 saturated heterocycles. The van der Waals surface area contributed by atoms with E-state index in [1.165, 1.54) is 11.1 Å². The molecule has 2 N–H and O–H groups in total. The molecule has 4 atom stereocenters. The summed E-state index contributed by atoms with van der Waals surface area (Å²) in [6.07, 6.45) is 1.28. The van der Waals surface area contributed by atoms with Crippen molar-refractivity contribution in [1.29, 1.82) is 0 Å². The van der Waals surface area contributed by atoms with E-state index in [9.17, 15) is 10.2 Å². The predicted molar refractivity (Wildman–Crippen MR) is 84.6 cm³/mol. The minimum atomic E-state index is -1.75. The van der Waals surface area contributed by atoms with Crippen molar-refractivity contribution < 1.29 is 24.8 Å². The molecule has 1 aliphatic carbocycles. The maximum Gasteiger partial charge on any atom is 0.231 e. The average Bonchev–Trinajstić information content (AvgIpc) is 3.15. The Balaban J connectivity index is 0.000000358. The van der Waals surface area contributed by atoms with Crippen LogP contribution in [0.2, 0.25) is 0 Å². The monoisotopic (exact) mass is 349 g/mol. The maximum atomic E-state index is 10.5. The number of aliphatic hydroxyl groups is 2. The van der Waals surface area contributed by atoms with E-state index >= 15 is 0 Å². The zero-order valence-electron chi connectivity index (χ0n) is 13.2. The molecule has 5 rings (SSSR count). The number of benzene rings is 1. The molecule has 25 heavy (non-hydrogen) atoms. The summed E-state index contributed by atoms with van der Waals surface area (Å²) >= 11 is 0. The Morgan fingerprint density at radius 1 is 1.20 bits per heavy atom. The van der Waals surface area contributed by atoms with E-state index in [4.69, 9.17) is 24.8 Å². The van der Waals surface area contributed by atoms with Crippen LogP contribution in [0.25, 0.3) is 0 Å². The van der Waals surface area contributed by atoms with Crippen molar-refractivity contribution in [2.45, 2.75) is 37.1 Å². The minimum Gasteiger partial charge on any atom is -0.454 e. The fourth-order valence-electron chi connectivity index (χ4n) is 4.35.